The quantitative estimate of drug-likeness (QED) is 0.778. The van der Waals surface area contributed by atoms with Gasteiger partial charge in [-0.05, 0) is 32.0 Å². The summed E-state index contributed by atoms with van der Waals surface area (Å²) >= 11 is 0. The molecule has 0 amide bonds. The molecule has 1 heterocycles. The van der Waals surface area contributed by atoms with Crippen molar-refractivity contribution in [1.82, 2.24) is 9.78 Å². The molecule has 0 saturated heterocycles. The van der Waals surface area contributed by atoms with E-state index in [1.807, 2.05) is 13.8 Å². The topological polar surface area (TPSA) is 52.0 Å². The lowest BCUT2D eigenvalue weighted by Crippen LogP contribution is -2.02. The molecule has 0 fully saturated rings. The number of hydrogen-bond donors (Lipinski definition) is 0. The van der Waals surface area contributed by atoms with Crippen LogP contribution in [-0.2, 0) is 9.05 Å². The minimum absolute atomic E-state index is 0.101. The van der Waals surface area contributed by atoms with Crippen molar-refractivity contribution >= 4 is 30.6 Å². The third-order valence-corrected chi connectivity index (χ3v) is 3.69. The highest BCUT2D eigenvalue weighted by Crippen LogP contribution is 2.23. The first-order valence-electron chi connectivity index (χ1n) is 4.81. The van der Waals surface area contributed by atoms with Crippen LogP contribution in [0.5, 0.6) is 0 Å². The average Bonchev–Trinajstić information content (AvgIpc) is 2.58. The van der Waals surface area contributed by atoms with Gasteiger partial charge < -0.3 is 0 Å². The Morgan fingerprint density at radius 1 is 1.38 bits per heavy atom. The third kappa shape index (κ3) is 1.92. The number of fused-ring (bicyclic) bond motifs is 1. The molecule has 16 heavy (non-hydrogen) atoms. The average molecular weight is 259 g/mol. The van der Waals surface area contributed by atoms with Gasteiger partial charge in [0.05, 0.1) is 16.6 Å². The summed E-state index contributed by atoms with van der Waals surface area (Å²) in [6.07, 6.45) is 1.71. The molecule has 0 unspecified atom stereocenters. The maximum atomic E-state index is 11.2. The molecule has 0 spiro atoms. The molecule has 0 aliphatic carbocycles. The molecule has 0 saturated carbocycles. The summed E-state index contributed by atoms with van der Waals surface area (Å²) in [6.45, 7) is 3.96. The van der Waals surface area contributed by atoms with Crippen molar-refractivity contribution in [2.45, 2.75) is 24.8 Å². The Balaban J connectivity index is 2.73. The molecule has 4 nitrogen and oxygen atoms in total. The summed E-state index contributed by atoms with van der Waals surface area (Å²) in [7, 11) is 1.62. The minimum Gasteiger partial charge on any atom is -0.262 e. The van der Waals surface area contributed by atoms with E-state index in [0.29, 0.717) is 0 Å². The lowest BCUT2D eigenvalue weighted by atomic mass is 10.2. The molecule has 0 bridgehead atoms. The normalized spacial score (nSPS) is 12.5. The highest BCUT2D eigenvalue weighted by atomic mass is 35.7. The van der Waals surface area contributed by atoms with Crippen LogP contribution in [-0.4, -0.2) is 18.2 Å². The van der Waals surface area contributed by atoms with Gasteiger partial charge >= 0.3 is 0 Å². The molecule has 1 aromatic heterocycles. The number of nitrogens with zero attached hydrogens (tertiary/aromatic N) is 2. The highest BCUT2D eigenvalue weighted by molar-refractivity contribution is 8.13. The Morgan fingerprint density at radius 3 is 2.62 bits per heavy atom. The molecule has 1 aromatic carbocycles. The number of benzene rings is 1. The zero-order valence-electron chi connectivity index (χ0n) is 8.88. The maximum absolute atomic E-state index is 11.2. The Hall–Kier alpha value is -1.07. The van der Waals surface area contributed by atoms with Crippen molar-refractivity contribution in [3.8, 4) is 0 Å². The van der Waals surface area contributed by atoms with Crippen LogP contribution in [0.15, 0.2) is 29.3 Å². The van der Waals surface area contributed by atoms with Crippen LogP contribution < -0.4 is 0 Å². The molecule has 0 atom stereocenters. The van der Waals surface area contributed by atoms with Crippen LogP contribution >= 0.6 is 10.7 Å². The molecular weight excluding hydrogens is 248 g/mol. The van der Waals surface area contributed by atoms with Gasteiger partial charge in [0.25, 0.3) is 9.05 Å². The van der Waals surface area contributed by atoms with E-state index in [-0.39, 0.29) is 10.9 Å². The second-order valence-corrected chi connectivity index (χ2v) is 6.41. The number of aromatic nitrogens is 2. The van der Waals surface area contributed by atoms with Crippen molar-refractivity contribution in [2.75, 3.05) is 0 Å². The van der Waals surface area contributed by atoms with E-state index in [4.69, 9.17) is 10.7 Å². The smallest absolute Gasteiger partial charge is 0.261 e. The molecular formula is C10H11ClN2O2S. The van der Waals surface area contributed by atoms with Gasteiger partial charge in [-0.15, -0.1) is 0 Å². The van der Waals surface area contributed by atoms with Crippen molar-refractivity contribution in [3.63, 3.8) is 0 Å². The second-order valence-electron chi connectivity index (χ2n) is 3.84. The van der Waals surface area contributed by atoms with Crippen LogP contribution in [0.1, 0.15) is 19.9 Å². The Labute approximate surface area is 98.2 Å². The summed E-state index contributed by atoms with van der Waals surface area (Å²) in [5.41, 5.74) is 0.775. The molecule has 0 N–H and O–H groups in total. The number of hydrogen-bond acceptors (Lipinski definition) is 3. The Bertz CT molecular complexity index is 631. The lowest BCUT2D eigenvalue weighted by molar-refractivity contribution is 0.550. The van der Waals surface area contributed by atoms with Crippen molar-refractivity contribution in [3.05, 3.63) is 24.4 Å². The molecule has 6 heteroatoms. The van der Waals surface area contributed by atoms with Gasteiger partial charge in [0.2, 0.25) is 0 Å². The van der Waals surface area contributed by atoms with Gasteiger partial charge in [0.15, 0.2) is 0 Å². The van der Waals surface area contributed by atoms with Gasteiger partial charge in [0.1, 0.15) is 0 Å². The fraction of sp³-hybridized carbons (Fsp3) is 0.300. The van der Waals surface area contributed by atoms with Gasteiger partial charge in [-0.2, -0.15) is 5.10 Å². The lowest BCUT2D eigenvalue weighted by Gasteiger charge is -2.07. The van der Waals surface area contributed by atoms with E-state index in [9.17, 15) is 8.42 Å². The first kappa shape index (κ1) is 11.4. The van der Waals surface area contributed by atoms with E-state index in [1.165, 1.54) is 6.07 Å². The second kappa shape index (κ2) is 3.75. The number of rotatable bonds is 2. The van der Waals surface area contributed by atoms with Crippen molar-refractivity contribution < 1.29 is 8.42 Å². The van der Waals surface area contributed by atoms with E-state index in [0.717, 1.165) is 10.9 Å². The van der Waals surface area contributed by atoms with Gasteiger partial charge in [-0.1, -0.05) is 0 Å². The predicted octanol–water partition coefficient (Wildman–Crippen LogP) is 2.54. The molecule has 2 rings (SSSR count). The molecule has 2 aromatic rings. The SMILES string of the molecule is CC(C)n1ncc2ccc(S(=O)(=O)Cl)cc21. The van der Waals surface area contributed by atoms with E-state index >= 15 is 0 Å². The van der Waals surface area contributed by atoms with E-state index in [2.05, 4.69) is 5.10 Å². The molecule has 0 aliphatic heterocycles. The zero-order chi connectivity index (χ0) is 11.9. The monoisotopic (exact) mass is 258 g/mol. The first-order valence-corrected chi connectivity index (χ1v) is 7.12. The Kier molecular flexibility index (Phi) is 2.67. The molecule has 0 aliphatic rings. The van der Waals surface area contributed by atoms with Crippen LogP contribution in [0.4, 0.5) is 0 Å². The van der Waals surface area contributed by atoms with E-state index < -0.39 is 9.05 Å². The fourth-order valence-corrected chi connectivity index (χ4v) is 2.35. The number of halogens is 1. The fourth-order valence-electron chi connectivity index (χ4n) is 1.58. The summed E-state index contributed by atoms with van der Waals surface area (Å²) in [6, 6.07) is 4.91. The first-order chi connectivity index (χ1) is 7.39. The summed E-state index contributed by atoms with van der Waals surface area (Å²) in [4.78, 5) is 0.101. The summed E-state index contributed by atoms with van der Waals surface area (Å²) < 4.78 is 24.2. The minimum atomic E-state index is -3.68. The maximum Gasteiger partial charge on any atom is 0.261 e. The van der Waals surface area contributed by atoms with Gasteiger partial charge in [-0.3, -0.25) is 4.68 Å². The zero-order valence-corrected chi connectivity index (χ0v) is 10.5. The Morgan fingerprint density at radius 2 is 2.06 bits per heavy atom. The van der Waals surface area contributed by atoms with Crippen LogP contribution in [0.2, 0.25) is 0 Å². The highest BCUT2D eigenvalue weighted by Gasteiger charge is 2.13. The van der Waals surface area contributed by atoms with Crippen LogP contribution in [0.25, 0.3) is 10.9 Å². The van der Waals surface area contributed by atoms with E-state index in [1.54, 1.807) is 23.0 Å². The van der Waals surface area contributed by atoms with Crippen LogP contribution in [0.3, 0.4) is 0 Å². The summed E-state index contributed by atoms with van der Waals surface area (Å²) in [5, 5.41) is 5.10. The largest absolute Gasteiger partial charge is 0.262 e. The molecule has 0 radical (unpaired) electrons. The van der Waals surface area contributed by atoms with Crippen LogP contribution in [0, 0.1) is 0 Å². The van der Waals surface area contributed by atoms with Gasteiger partial charge in [0, 0.05) is 22.1 Å². The standard InChI is InChI=1S/C10H11ClN2O2S/c1-7(2)13-10-5-9(16(11,14)15)4-3-8(10)6-12-13/h3-7H,1-2H3. The summed E-state index contributed by atoms with van der Waals surface area (Å²) in [5.74, 6) is 0. The van der Waals surface area contributed by atoms with Crippen molar-refractivity contribution in [2.24, 2.45) is 0 Å². The predicted molar refractivity (Wildman–Crippen MR) is 63.2 cm³/mol. The third-order valence-electron chi connectivity index (χ3n) is 2.34. The molecule has 86 valence electrons. The van der Waals surface area contributed by atoms with Crippen molar-refractivity contribution in [1.29, 1.82) is 0 Å². The van der Waals surface area contributed by atoms with Gasteiger partial charge in [-0.25, -0.2) is 8.42 Å².